The highest BCUT2D eigenvalue weighted by atomic mass is 19.1. The normalized spacial score (nSPS) is 21.1. The number of pyridine rings is 1. The number of fused-ring (bicyclic) bond motifs is 3. The van der Waals surface area contributed by atoms with Crippen LogP contribution in [0.3, 0.4) is 0 Å². The zero-order chi connectivity index (χ0) is 21.8. The van der Waals surface area contributed by atoms with Crippen molar-refractivity contribution < 1.29 is 9.13 Å². The molecule has 0 spiro atoms. The summed E-state index contributed by atoms with van der Waals surface area (Å²) in [6.07, 6.45) is 4.19. The summed E-state index contributed by atoms with van der Waals surface area (Å²) >= 11 is 0. The van der Waals surface area contributed by atoms with Gasteiger partial charge in [-0.05, 0) is 49.9 Å². The fourth-order valence-electron chi connectivity index (χ4n) is 3.34. The van der Waals surface area contributed by atoms with Crippen molar-refractivity contribution in [1.29, 1.82) is 0 Å². The van der Waals surface area contributed by atoms with Crippen LogP contribution >= 0.6 is 0 Å². The van der Waals surface area contributed by atoms with Crippen LogP contribution in [-0.4, -0.2) is 17.2 Å². The summed E-state index contributed by atoms with van der Waals surface area (Å²) in [5, 5.41) is 1.40. The van der Waals surface area contributed by atoms with Gasteiger partial charge in [-0.25, -0.2) is 15.2 Å². The highest BCUT2D eigenvalue weighted by Crippen LogP contribution is 2.35. The Morgan fingerprint density at radius 3 is 2.73 bits per heavy atom. The first-order chi connectivity index (χ1) is 14.4. The Morgan fingerprint density at radius 1 is 1.30 bits per heavy atom. The molecule has 1 atom stereocenters. The number of hydrogen-bond acceptors (Lipinski definition) is 8. The van der Waals surface area contributed by atoms with E-state index in [0.717, 1.165) is 0 Å². The van der Waals surface area contributed by atoms with E-state index in [9.17, 15) is 4.39 Å². The Balaban J connectivity index is 2.27. The van der Waals surface area contributed by atoms with Gasteiger partial charge in [0, 0.05) is 36.5 Å². The number of anilines is 2. The molecule has 1 aromatic carbocycles. The van der Waals surface area contributed by atoms with Gasteiger partial charge < -0.3 is 21.9 Å². The Bertz CT molecular complexity index is 1030. The van der Waals surface area contributed by atoms with Gasteiger partial charge in [0.2, 0.25) is 0 Å². The minimum atomic E-state index is -0.573. The van der Waals surface area contributed by atoms with Crippen molar-refractivity contribution in [2.75, 3.05) is 17.3 Å². The highest BCUT2D eigenvalue weighted by molar-refractivity contribution is 6.13. The molecule has 0 saturated carbocycles. The summed E-state index contributed by atoms with van der Waals surface area (Å²) in [6.45, 7) is 4.23. The molecule has 0 amide bonds. The van der Waals surface area contributed by atoms with Crippen molar-refractivity contribution >= 4 is 17.2 Å². The lowest BCUT2D eigenvalue weighted by Gasteiger charge is -2.28. The molecular weight excluding hydrogens is 385 g/mol. The lowest BCUT2D eigenvalue weighted by Crippen LogP contribution is -2.33. The molecule has 30 heavy (non-hydrogen) atoms. The first-order valence-corrected chi connectivity index (χ1v) is 9.52. The number of halogens is 1. The molecule has 8 nitrogen and oxygen atoms in total. The zero-order valence-electron chi connectivity index (χ0n) is 17.0. The van der Waals surface area contributed by atoms with Crippen LogP contribution in [-0.2, 0) is 0 Å². The number of nitrogens with zero attached hydrogens (tertiary/aromatic N) is 3. The van der Waals surface area contributed by atoms with Crippen LogP contribution in [0.1, 0.15) is 37.5 Å². The van der Waals surface area contributed by atoms with Crippen molar-refractivity contribution in [1.82, 2.24) is 4.98 Å². The number of rotatable bonds is 1. The molecule has 2 bridgehead atoms. The van der Waals surface area contributed by atoms with Gasteiger partial charge in [0.05, 0.1) is 17.1 Å². The summed E-state index contributed by atoms with van der Waals surface area (Å²) in [4.78, 5) is 8.84. The van der Waals surface area contributed by atoms with E-state index in [4.69, 9.17) is 27.8 Å². The van der Waals surface area contributed by atoms with Gasteiger partial charge in [0.25, 0.3) is 0 Å². The molecule has 158 valence electrons. The summed E-state index contributed by atoms with van der Waals surface area (Å²) < 4.78 is 20.1. The fourth-order valence-corrected chi connectivity index (χ4v) is 3.34. The summed E-state index contributed by atoms with van der Waals surface area (Å²) in [7, 11) is 0. The predicted octanol–water partition coefficient (Wildman–Crippen LogP) is 2.48. The molecule has 0 radical (unpaired) electrons. The second-order valence-corrected chi connectivity index (χ2v) is 6.79. The highest BCUT2D eigenvalue weighted by Gasteiger charge is 2.23. The van der Waals surface area contributed by atoms with E-state index >= 15 is 0 Å². The number of allylic oxidation sites excluding steroid dienone is 1. The third-order valence-electron chi connectivity index (χ3n) is 4.84. The third kappa shape index (κ3) is 4.06. The van der Waals surface area contributed by atoms with Crippen LogP contribution in [0.25, 0.3) is 0 Å². The maximum atomic E-state index is 14.0. The second-order valence-electron chi connectivity index (χ2n) is 6.79. The number of hydrogen-bond donors (Lipinski definition) is 4. The monoisotopic (exact) mass is 411 g/mol. The number of nitrogen functional groups attached to an aromatic ring is 1. The van der Waals surface area contributed by atoms with E-state index in [1.807, 2.05) is 6.92 Å². The van der Waals surface area contributed by atoms with E-state index in [0.29, 0.717) is 52.5 Å². The summed E-state index contributed by atoms with van der Waals surface area (Å²) in [5.41, 5.74) is 21.5. The molecule has 1 aliphatic rings. The maximum absolute atomic E-state index is 14.0. The molecular formula is C21H26FN7O. The van der Waals surface area contributed by atoms with E-state index in [1.54, 1.807) is 25.3 Å². The van der Waals surface area contributed by atoms with Crippen LogP contribution in [0.15, 0.2) is 59.1 Å². The number of nitrogens with two attached hydrogens (primary N) is 4. The van der Waals surface area contributed by atoms with Crippen LogP contribution in [0.4, 0.5) is 15.9 Å². The molecule has 2 heterocycles. The van der Waals surface area contributed by atoms with Gasteiger partial charge in [-0.15, -0.1) is 0 Å². The smallest absolute Gasteiger partial charge is 0.166 e. The van der Waals surface area contributed by atoms with Crippen LogP contribution in [0.5, 0.6) is 5.75 Å². The first kappa shape index (κ1) is 21.1. The molecule has 9 heteroatoms. The van der Waals surface area contributed by atoms with Crippen LogP contribution in [0.2, 0.25) is 0 Å². The average molecular weight is 411 g/mol. The predicted molar refractivity (Wildman–Crippen MR) is 117 cm³/mol. The standard InChI is InChI=1S/C21H26FN7O/c1-3-27-20-13(9-23)6-16(10-24)29(26)18-5-4-15(22)8-17(18)12(2)30-19-7-14(20)11-28-21(19)25/h4-5,7-12H,3,6,23-24,26H2,1-2H3,(H2,25,28)/b13-9?,16-10-,27-20?/t12-/m1/s1. The van der Waals surface area contributed by atoms with Crippen molar-refractivity contribution in [2.45, 2.75) is 26.4 Å². The van der Waals surface area contributed by atoms with Gasteiger partial charge in [-0.2, -0.15) is 0 Å². The Hall–Kier alpha value is -3.59. The van der Waals surface area contributed by atoms with E-state index < -0.39 is 11.9 Å². The number of hydrazine groups is 1. The molecule has 0 unspecified atom stereocenters. The van der Waals surface area contributed by atoms with E-state index in [1.165, 1.54) is 29.5 Å². The molecule has 1 aliphatic heterocycles. The van der Waals surface area contributed by atoms with Gasteiger partial charge in [0.1, 0.15) is 11.9 Å². The van der Waals surface area contributed by atoms with Crippen molar-refractivity contribution in [3.05, 3.63) is 71.1 Å². The third-order valence-corrected chi connectivity index (χ3v) is 4.84. The molecule has 0 aliphatic carbocycles. The van der Waals surface area contributed by atoms with Crippen molar-refractivity contribution in [3.63, 3.8) is 0 Å². The molecule has 8 N–H and O–H groups in total. The lowest BCUT2D eigenvalue weighted by atomic mass is 9.98. The number of aromatic nitrogens is 1. The number of benzene rings is 1. The lowest BCUT2D eigenvalue weighted by molar-refractivity contribution is 0.227. The van der Waals surface area contributed by atoms with Crippen LogP contribution < -0.4 is 32.8 Å². The van der Waals surface area contributed by atoms with E-state index in [-0.39, 0.29) is 5.82 Å². The minimum Gasteiger partial charge on any atom is -0.482 e. The number of aliphatic imine (C=N–C) groups is 1. The van der Waals surface area contributed by atoms with Crippen molar-refractivity contribution in [3.8, 4) is 5.75 Å². The van der Waals surface area contributed by atoms with Gasteiger partial charge in [0.15, 0.2) is 11.6 Å². The second kappa shape index (κ2) is 8.83. The summed E-state index contributed by atoms with van der Waals surface area (Å²) in [5.74, 6) is 6.55. The van der Waals surface area contributed by atoms with Gasteiger partial charge >= 0.3 is 0 Å². The quantitative estimate of drug-likeness (QED) is 0.528. The maximum Gasteiger partial charge on any atom is 0.166 e. The zero-order valence-corrected chi connectivity index (χ0v) is 17.0. The topological polar surface area (TPSA) is 142 Å². The number of ether oxygens (including phenoxy) is 1. The van der Waals surface area contributed by atoms with E-state index in [2.05, 4.69) is 9.98 Å². The first-order valence-electron chi connectivity index (χ1n) is 9.52. The van der Waals surface area contributed by atoms with Gasteiger partial charge in [-0.3, -0.25) is 10.0 Å². The Labute approximate surface area is 174 Å². The largest absolute Gasteiger partial charge is 0.482 e. The van der Waals surface area contributed by atoms with Gasteiger partial charge in [-0.1, -0.05) is 0 Å². The summed E-state index contributed by atoms with van der Waals surface area (Å²) in [6, 6.07) is 6.02. The molecule has 1 aromatic heterocycles. The molecule has 2 aromatic rings. The fraction of sp³-hybridized carbons (Fsp3) is 0.238. The molecule has 3 rings (SSSR count). The minimum absolute atomic E-state index is 0.210. The average Bonchev–Trinajstić information content (AvgIpc) is 2.74. The molecule has 0 saturated heterocycles. The Kier molecular flexibility index (Phi) is 6.22. The van der Waals surface area contributed by atoms with Crippen LogP contribution in [0, 0.1) is 5.82 Å². The SMILES string of the molecule is CCN=C1C(=CN)C/C(=C/N)N(N)c2ccc(F)cc2[C@@H](C)Oc2cc1cnc2N. The van der Waals surface area contributed by atoms with Crippen molar-refractivity contribution in [2.24, 2.45) is 22.3 Å². The molecule has 0 fully saturated rings. The Morgan fingerprint density at radius 2 is 2.07 bits per heavy atom.